The summed E-state index contributed by atoms with van der Waals surface area (Å²) < 4.78 is 28.0. The van der Waals surface area contributed by atoms with Crippen LogP contribution in [0.2, 0.25) is 0 Å². The largest absolute Gasteiger partial charge is 0.301 e. The van der Waals surface area contributed by atoms with Gasteiger partial charge in [-0.2, -0.15) is 18.2 Å². The minimum absolute atomic E-state index is 0.456. The first-order chi connectivity index (χ1) is 6.09. The lowest BCUT2D eigenvalue weighted by atomic mass is 10.5. The fourth-order valence-corrected chi connectivity index (χ4v) is 2.49. The van der Waals surface area contributed by atoms with Crippen LogP contribution >= 0.6 is 0 Å². The molecule has 1 aliphatic heterocycles. The van der Waals surface area contributed by atoms with Gasteiger partial charge in [-0.1, -0.05) is 0 Å². The number of rotatable bonds is 1. The maximum absolute atomic E-state index is 11.3. The predicted molar refractivity (Wildman–Crippen MR) is 47.5 cm³/mol. The molecule has 1 saturated heterocycles. The van der Waals surface area contributed by atoms with Crippen LogP contribution in [-0.4, -0.2) is 31.3 Å². The molecule has 0 unspecified atom stereocenters. The summed E-state index contributed by atoms with van der Waals surface area (Å²) in [5.74, 6) is 0. The van der Waals surface area contributed by atoms with Crippen molar-refractivity contribution in [2.24, 2.45) is 7.05 Å². The minimum Gasteiger partial charge on any atom is -0.274 e. The Balaban J connectivity index is 2.37. The van der Waals surface area contributed by atoms with E-state index in [0.29, 0.717) is 18.8 Å². The lowest BCUT2D eigenvalue weighted by Gasteiger charge is -2.11. The van der Waals surface area contributed by atoms with Crippen LogP contribution in [0.3, 0.4) is 0 Å². The molecule has 6 nitrogen and oxygen atoms in total. The molecule has 0 bridgehead atoms. The second-order valence-electron chi connectivity index (χ2n) is 2.84. The number of nitrogens with one attached hydrogen (secondary N) is 1. The molecule has 1 fully saturated rings. The van der Waals surface area contributed by atoms with Crippen LogP contribution in [0.1, 0.15) is 0 Å². The standard InChI is InChI=1S/C6H10N4O2S/c1-9-5-6(4-7-9)10-3-2-8-13(10,11)12/h4-5,8H,2-3H2,1H3. The van der Waals surface area contributed by atoms with Crippen molar-refractivity contribution in [1.29, 1.82) is 0 Å². The molecule has 0 aliphatic carbocycles. The lowest BCUT2D eigenvalue weighted by molar-refractivity contribution is 0.591. The van der Waals surface area contributed by atoms with Crippen molar-refractivity contribution in [3.63, 3.8) is 0 Å². The van der Waals surface area contributed by atoms with Gasteiger partial charge in [-0.15, -0.1) is 0 Å². The van der Waals surface area contributed by atoms with Crippen LogP contribution in [0.15, 0.2) is 12.4 Å². The van der Waals surface area contributed by atoms with Crippen LogP contribution < -0.4 is 9.03 Å². The highest BCUT2D eigenvalue weighted by Gasteiger charge is 2.28. The smallest absolute Gasteiger partial charge is 0.274 e. The van der Waals surface area contributed by atoms with Gasteiger partial charge >= 0.3 is 10.2 Å². The molecule has 2 heterocycles. The average Bonchev–Trinajstić information content (AvgIpc) is 2.56. The van der Waals surface area contributed by atoms with Crippen molar-refractivity contribution in [3.05, 3.63) is 12.4 Å². The van der Waals surface area contributed by atoms with Gasteiger partial charge in [0.05, 0.1) is 11.9 Å². The summed E-state index contributed by atoms with van der Waals surface area (Å²) in [5, 5.41) is 3.91. The first-order valence-corrected chi connectivity index (χ1v) is 5.29. The number of aryl methyl sites for hydroxylation is 1. The second-order valence-corrected chi connectivity index (χ2v) is 4.52. The van der Waals surface area contributed by atoms with E-state index < -0.39 is 10.2 Å². The molecule has 72 valence electrons. The lowest BCUT2D eigenvalue weighted by Crippen LogP contribution is -2.28. The molecule has 0 spiro atoms. The highest BCUT2D eigenvalue weighted by atomic mass is 32.2. The molecule has 1 aromatic heterocycles. The van der Waals surface area contributed by atoms with Crippen molar-refractivity contribution in [1.82, 2.24) is 14.5 Å². The maximum Gasteiger partial charge on any atom is 0.301 e. The first kappa shape index (κ1) is 8.52. The summed E-state index contributed by atoms with van der Waals surface area (Å²) in [5.41, 5.74) is 0.604. The summed E-state index contributed by atoms with van der Waals surface area (Å²) in [6, 6.07) is 0. The number of aromatic nitrogens is 2. The number of hydrogen-bond acceptors (Lipinski definition) is 3. The molecule has 1 N–H and O–H groups in total. The third-order valence-corrected chi connectivity index (χ3v) is 3.41. The van der Waals surface area contributed by atoms with E-state index >= 15 is 0 Å². The van der Waals surface area contributed by atoms with E-state index in [1.807, 2.05) is 0 Å². The van der Waals surface area contributed by atoms with Gasteiger partial charge in [0.25, 0.3) is 0 Å². The Morgan fingerprint density at radius 2 is 2.38 bits per heavy atom. The van der Waals surface area contributed by atoms with Gasteiger partial charge < -0.3 is 0 Å². The Hall–Kier alpha value is -1.08. The van der Waals surface area contributed by atoms with Crippen LogP contribution in [0.4, 0.5) is 5.69 Å². The van der Waals surface area contributed by atoms with Crippen molar-refractivity contribution in [2.45, 2.75) is 0 Å². The van der Waals surface area contributed by atoms with Crippen molar-refractivity contribution in [2.75, 3.05) is 17.4 Å². The van der Waals surface area contributed by atoms with Gasteiger partial charge in [0.1, 0.15) is 0 Å². The molecule has 13 heavy (non-hydrogen) atoms. The van der Waals surface area contributed by atoms with Crippen LogP contribution in [0.5, 0.6) is 0 Å². The molecular formula is C6H10N4O2S. The SMILES string of the molecule is Cn1cc(N2CCNS2(=O)=O)cn1. The Labute approximate surface area is 76.3 Å². The fourth-order valence-electron chi connectivity index (χ4n) is 1.28. The molecule has 0 aromatic carbocycles. The number of anilines is 1. The molecule has 2 rings (SSSR count). The van der Waals surface area contributed by atoms with Crippen molar-refractivity contribution in [3.8, 4) is 0 Å². The molecule has 0 amide bonds. The zero-order valence-corrected chi connectivity index (χ0v) is 7.95. The Morgan fingerprint density at radius 3 is 2.85 bits per heavy atom. The van der Waals surface area contributed by atoms with Gasteiger partial charge in [0, 0.05) is 26.3 Å². The topological polar surface area (TPSA) is 67.2 Å². The number of hydrogen-bond donors (Lipinski definition) is 1. The molecule has 1 aliphatic rings. The minimum atomic E-state index is -3.30. The van der Waals surface area contributed by atoms with E-state index in [1.54, 1.807) is 17.9 Å². The molecule has 0 saturated carbocycles. The van der Waals surface area contributed by atoms with E-state index in [1.165, 1.54) is 10.5 Å². The van der Waals surface area contributed by atoms with E-state index in [4.69, 9.17) is 0 Å². The van der Waals surface area contributed by atoms with Crippen LogP contribution in [0, 0.1) is 0 Å². The Bertz CT molecular complexity index is 410. The zero-order chi connectivity index (χ0) is 9.47. The summed E-state index contributed by atoms with van der Waals surface area (Å²) in [7, 11) is -1.55. The van der Waals surface area contributed by atoms with Gasteiger partial charge in [0.15, 0.2) is 0 Å². The Morgan fingerprint density at radius 1 is 1.62 bits per heavy atom. The zero-order valence-electron chi connectivity index (χ0n) is 7.14. The van der Waals surface area contributed by atoms with Crippen LogP contribution in [0.25, 0.3) is 0 Å². The van der Waals surface area contributed by atoms with E-state index in [-0.39, 0.29) is 0 Å². The van der Waals surface area contributed by atoms with Gasteiger partial charge in [-0.25, -0.2) is 0 Å². The quantitative estimate of drug-likeness (QED) is 0.640. The molecule has 0 radical (unpaired) electrons. The third-order valence-electron chi connectivity index (χ3n) is 1.87. The summed E-state index contributed by atoms with van der Waals surface area (Å²) in [6.45, 7) is 0.922. The Kier molecular flexibility index (Phi) is 1.77. The highest BCUT2D eigenvalue weighted by Crippen LogP contribution is 2.17. The molecule has 0 atom stereocenters. The average molecular weight is 202 g/mol. The van der Waals surface area contributed by atoms with Gasteiger partial charge in [-0.3, -0.25) is 8.99 Å². The number of nitrogens with zero attached hydrogens (tertiary/aromatic N) is 3. The maximum atomic E-state index is 11.3. The van der Waals surface area contributed by atoms with Crippen molar-refractivity contribution >= 4 is 15.9 Å². The molecular weight excluding hydrogens is 192 g/mol. The highest BCUT2D eigenvalue weighted by molar-refractivity contribution is 7.91. The summed E-state index contributed by atoms with van der Waals surface area (Å²) in [6.07, 6.45) is 3.20. The molecule has 1 aromatic rings. The van der Waals surface area contributed by atoms with Crippen molar-refractivity contribution < 1.29 is 8.42 Å². The van der Waals surface area contributed by atoms with Gasteiger partial charge in [0.2, 0.25) is 0 Å². The van der Waals surface area contributed by atoms with Gasteiger partial charge in [-0.05, 0) is 0 Å². The molecule has 7 heteroatoms. The van der Waals surface area contributed by atoms with E-state index in [0.717, 1.165) is 0 Å². The van der Waals surface area contributed by atoms with E-state index in [2.05, 4.69) is 9.82 Å². The fraction of sp³-hybridized carbons (Fsp3) is 0.500. The van der Waals surface area contributed by atoms with E-state index in [9.17, 15) is 8.42 Å². The summed E-state index contributed by atoms with van der Waals surface area (Å²) in [4.78, 5) is 0. The van der Waals surface area contributed by atoms with Crippen LogP contribution in [-0.2, 0) is 17.3 Å². The summed E-state index contributed by atoms with van der Waals surface area (Å²) >= 11 is 0. The first-order valence-electron chi connectivity index (χ1n) is 3.85. The predicted octanol–water partition coefficient (Wildman–Crippen LogP) is -0.925. The second kappa shape index (κ2) is 2.71. The third kappa shape index (κ3) is 1.40. The normalized spacial score (nSPS) is 20.8. The monoisotopic (exact) mass is 202 g/mol.